The average molecular weight is 404 g/mol. The van der Waals surface area contributed by atoms with Crippen LogP contribution in [-0.4, -0.2) is 38.2 Å². The van der Waals surface area contributed by atoms with Gasteiger partial charge in [-0.05, 0) is 72.2 Å². The first-order chi connectivity index (χ1) is 14.7. The molecule has 1 fully saturated rings. The summed E-state index contributed by atoms with van der Waals surface area (Å²) in [6, 6.07) is 21.7. The number of nitrogens with zero attached hydrogens (tertiary/aromatic N) is 5. The molecule has 158 valence electrons. The molecular formula is C25H33N5. The van der Waals surface area contributed by atoms with Gasteiger partial charge in [-0.1, -0.05) is 74.5 Å². The van der Waals surface area contributed by atoms with Gasteiger partial charge >= 0.3 is 0 Å². The van der Waals surface area contributed by atoms with E-state index in [1.54, 1.807) is 0 Å². The zero-order valence-electron chi connectivity index (χ0n) is 18.2. The van der Waals surface area contributed by atoms with Crippen LogP contribution in [0, 0.1) is 11.8 Å². The van der Waals surface area contributed by atoms with Gasteiger partial charge in [0, 0.05) is 6.54 Å². The van der Waals surface area contributed by atoms with E-state index in [4.69, 9.17) is 0 Å². The van der Waals surface area contributed by atoms with Gasteiger partial charge in [0.05, 0.1) is 6.04 Å². The molecule has 5 heteroatoms. The third kappa shape index (κ3) is 5.14. The van der Waals surface area contributed by atoms with Gasteiger partial charge < -0.3 is 0 Å². The number of aryl methyl sites for hydroxylation is 2. The van der Waals surface area contributed by atoms with Crippen molar-refractivity contribution in [1.82, 2.24) is 25.1 Å². The van der Waals surface area contributed by atoms with E-state index >= 15 is 0 Å². The maximum Gasteiger partial charge on any atom is 0.168 e. The molecule has 1 saturated heterocycles. The lowest BCUT2D eigenvalue weighted by atomic mass is 9.88. The second-order valence-corrected chi connectivity index (χ2v) is 8.85. The number of aromatic nitrogens is 4. The number of hydrogen-bond acceptors (Lipinski definition) is 4. The molecular weight excluding hydrogens is 370 g/mol. The summed E-state index contributed by atoms with van der Waals surface area (Å²) in [6.45, 7) is 7.63. The van der Waals surface area contributed by atoms with Crippen molar-refractivity contribution in [2.45, 2.75) is 52.1 Å². The van der Waals surface area contributed by atoms with Gasteiger partial charge in [0.2, 0.25) is 0 Å². The predicted molar refractivity (Wildman–Crippen MR) is 120 cm³/mol. The number of rotatable bonds is 8. The van der Waals surface area contributed by atoms with Crippen LogP contribution in [0.2, 0.25) is 0 Å². The van der Waals surface area contributed by atoms with Crippen molar-refractivity contribution < 1.29 is 0 Å². The molecule has 0 saturated carbocycles. The molecule has 0 bridgehead atoms. The molecule has 0 unspecified atom stereocenters. The average Bonchev–Trinajstić information content (AvgIpc) is 3.23. The van der Waals surface area contributed by atoms with E-state index in [1.165, 1.54) is 30.4 Å². The van der Waals surface area contributed by atoms with Crippen LogP contribution in [0.5, 0.6) is 0 Å². The van der Waals surface area contributed by atoms with Crippen molar-refractivity contribution in [2.75, 3.05) is 13.1 Å². The highest BCUT2D eigenvalue weighted by Gasteiger charge is 2.31. The van der Waals surface area contributed by atoms with E-state index in [-0.39, 0.29) is 6.04 Å². The Labute approximate surface area is 180 Å². The lowest BCUT2D eigenvalue weighted by molar-refractivity contribution is 0.0951. The largest absolute Gasteiger partial charge is 0.293 e. The summed E-state index contributed by atoms with van der Waals surface area (Å²) in [5, 5.41) is 12.8. The highest BCUT2D eigenvalue weighted by molar-refractivity contribution is 5.16. The van der Waals surface area contributed by atoms with Gasteiger partial charge in [0.25, 0.3) is 0 Å². The molecule has 0 spiro atoms. The lowest BCUT2D eigenvalue weighted by Crippen LogP contribution is -2.40. The summed E-state index contributed by atoms with van der Waals surface area (Å²) < 4.78 is 2.02. The van der Waals surface area contributed by atoms with E-state index in [0.717, 1.165) is 37.8 Å². The molecule has 4 rings (SSSR count). The van der Waals surface area contributed by atoms with E-state index < -0.39 is 0 Å². The number of benzene rings is 2. The minimum atomic E-state index is 0.272. The Morgan fingerprint density at radius 2 is 1.53 bits per heavy atom. The van der Waals surface area contributed by atoms with Gasteiger partial charge in [0.1, 0.15) is 0 Å². The Hall–Kier alpha value is -2.53. The Balaban J connectivity index is 1.39. The molecule has 30 heavy (non-hydrogen) atoms. The monoisotopic (exact) mass is 403 g/mol. The number of likely N-dealkylation sites (tertiary alicyclic amines) is 1. The minimum Gasteiger partial charge on any atom is -0.293 e. The summed E-state index contributed by atoms with van der Waals surface area (Å²) in [5.41, 5.74) is 2.78. The second kappa shape index (κ2) is 9.98. The van der Waals surface area contributed by atoms with Crippen LogP contribution in [0.3, 0.4) is 0 Å². The normalized spacial score (nSPS) is 16.8. The molecule has 1 aromatic heterocycles. The molecule has 0 radical (unpaired) electrons. The summed E-state index contributed by atoms with van der Waals surface area (Å²) in [4.78, 5) is 2.61. The molecule has 2 aromatic carbocycles. The Morgan fingerprint density at radius 1 is 0.900 bits per heavy atom. The van der Waals surface area contributed by atoms with Crippen LogP contribution in [0.25, 0.3) is 0 Å². The van der Waals surface area contributed by atoms with Crippen LogP contribution in [0.4, 0.5) is 0 Å². The van der Waals surface area contributed by atoms with Crippen LogP contribution in [0.1, 0.15) is 49.7 Å². The third-order valence-corrected chi connectivity index (χ3v) is 6.32. The second-order valence-electron chi connectivity index (χ2n) is 8.85. The Kier molecular flexibility index (Phi) is 6.90. The molecule has 5 nitrogen and oxygen atoms in total. The summed E-state index contributed by atoms with van der Waals surface area (Å²) in [6.07, 6.45) is 4.62. The van der Waals surface area contributed by atoms with E-state index in [1.807, 2.05) is 4.68 Å². The van der Waals surface area contributed by atoms with Crippen molar-refractivity contribution in [3.05, 3.63) is 77.6 Å². The molecule has 1 aliphatic rings. The van der Waals surface area contributed by atoms with Crippen molar-refractivity contribution in [3.8, 4) is 0 Å². The first-order valence-electron chi connectivity index (χ1n) is 11.3. The molecule has 1 aliphatic heterocycles. The lowest BCUT2D eigenvalue weighted by Gasteiger charge is -2.38. The first-order valence-corrected chi connectivity index (χ1v) is 11.3. The highest BCUT2D eigenvalue weighted by atomic mass is 15.5. The van der Waals surface area contributed by atoms with Crippen molar-refractivity contribution in [2.24, 2.45) is 11.8 Å². The van der Waals surface area contributed by atoms with Gasteiger partial charge in [0.15, 0.2) is 5.82 Å². The first kappa shape index (κ1) is 20.7. The molecule has 3 aromatic rings. The zero-order chi connectivity index (χ0) is 20.8. The van der Waals surface area contributed by atoms with E-state index in [0.29, 0.717) is 5.92 Å². The van der Waals surface area contributed by atoms with E-state index in [9.17, 15) is 0 Å². The maximum atomic E-state index is 4.47. The standard InChI is InChI=1S/C25H33N5/c1-20(2)24(25-26-27-28-30(25)18-15-21-9-5-3-6-10-21)29-16-13-23(14-17-29)19-22-11-7-4-8-12-22/h3-12,20,23-24H,13-19H2,1-2H3/t24-/m0/s1. The van der Waals surface area contributed by atoms with Gasteiger partial charge in [-0.3, -0.25) is 4.90 Å². The Bertz CT molecular complexity index is 882. The molecule has 0 N–H and O–H groups in total. The van der Waals surface area contributed by atoms with Crippen molar-refractivity contribution >= 4 is 0 Å². The highest BCUT2D eigenvalue weighted by Crippen LogP contribution is 2.32. The molecule has 2 heterocycles. The summed E-state index contributed by atoms with van der Waals surface area (Å²) in [7, 11) is 0. The van der Waals surface area contributed by atoms with Crippen molar-refractivity contribution in [3.63, 3.8) is 0 Å². The molecule has 0 amide bonds. The fraction of sp³-hybridized carbons (Fsp3) is 0.480. The number of hydrogen-bond donors (Lipinski definition) is 0. The predicted octanol–water partition coefficient (Wildman–Crippen LogP) is 4.57. The summed E-state index contributed by atoms with van der Waals surface area (Å²) >= 11 is 0. The third-order valence-electron chi connectivity index (χ3n) is 6.32. The SMILES string of the molecule is CC(C)[C@@H](c1nnnn1CCc1ccccc1)N1CCC(Cc2ccccc2)CC1. The van der Waals surface area contributed by atoms with Crippen LogP contribution >= 0.6 is 0 Å². The fourth-order valence-electron chi connectivity index (χ4n) is 4.73. The van der Waals surface area contributed by atoms with Crippen molar-refractivity contribution in [1.29, 1.82) is 0 Å². The quantitative estimate of drug-likeness (QED) is 0.553. The number of piperidine rings is 1. The molecule has 0 aliphatic carbocycles. The Morgan fingerprint density at radius 3 is 2.17 bits per heavy atom. The van der Waals surface area contributed by atoms with Crippen LogP contribution in [-0.2, 0) is 19.4 Å². The number of tetrazole rings is 1. The topological polar surface area (TPSA) is 46.8 Å². The fourth-order valence-corrected chi connectivity index (χ4v) is 4.73. The minimum absolute atomic E-state index is 0.272. The van der Waals surface area contributed by atoms with Gasteiger partial charge in [-0.15, -0.1) is 5.10 Å². The smallest absolute Gasteiger partial charge is 0.168 e. The zero-order valence-corrected chi connectivity index (χ0v) is 18.2. The summed E-state index contributed by atoms with van der Waals surface area (Å²) in [5.74, 6) is 2.25. The van der Waals surface area contributed by atoms with Crippen LogP contribution in [0.15, 0.2) is 60.7 Å². The maximum absolute atomic E-state index is 4.47. The van der Waals surface area contributed by atoms with Gasteiger partial charge in [-0.25, -0.2) is 4.68 Å². The van der Waals surface area contributed by atoms with Gasteiger partial charge in [-0.2, -0.15) is 0 Å². The van der Waals surface area contributed by atoms with Crippen LogP contribution < -0.4 is 0 Å². The van der Waals surface area contributed by atoms with E-state index in [2.05, 4.69) is 94.9 Å². The molecule has 1 atom stereocenters.